The normalized spacial score (nSPS) is 11.9. The minimum absolute atomic E-state index is 0.284. The number of methoxy groups -OCH3 is 1. The molecule has 0 fully saturated rings. The van der Waals surface area contributed by atoms with Crippen LogP contribution in [0.1, 0.15) is 22.8 Å². The van der Waals surface area contributed by atoms with E-state index in [9.17, 15) is 5.11 Å². The largest absolute Gasteiger partial charge is 0.493 e. The first kappa shape index (κ1) is 22.9. The van der Waals surface area contributed by atoms with Crippen LogP contribution in [0.15, 0.2) is 65.1 Å². The van der Waals surface area contributed by atoms with Crippen molar-refractivity contribution < 1.29 is 14.6 Å². The highest BCUT2D eigenvalue weighted by Gasteiger charge is 2.14. The Balaban J connectivity index is 1.63. The van der Waals surface area contributed by atoms with Crippen molar-refractivity contribution in [1.29, 1.82) is 0 Å². The fourth-order valence-corrected chi connectivity index (χ4v) is 4.02. The van der Waals surface area contributed by atoms with Crippen LogP contribution in [0.2, 0.25) is 10.0 Å². The van der Waals surface area contributed by atoms with Crippen molar-refractivity contribution in [2.45, 2.75) is 19.3 Å². The Morgan fingerprint density at radius 2 is 1.83 bits per heavy atom. The second-order valence-corrected chi connectivity index (χ2v) is 8.39. The number of hydrogen-bond donors (Lipinski definition) is 2. The molecule has 4 nitrogen and oxygen atoms in total. The van der Waals surface area contributed by atoms with Crippen LogP contribution < -0.4 is 14.8 Å². The number of nitrogens with one attached hydrogen (secondary N) is 1. The lowest BCUT2D eigenvalue weighted by Gasteiger charge is -2.16. The van der Waals surface area contributed by atoms with Gasteiger partial charge in [-0.05, 0) is 51.3 Å². The molecule has 0 aliphatic carbocycles. The molecule has 0 radical (unpaired) electrons. The standard InChI is InChI=1S/C23H22BrCl2NO3/c1-29-22-10-15(12-27-13-21(28)16-5-3-2-4-6-16)9-19(24)23(22)30-14-17-7-8-18(25)11-20(17)26/h2-11,21,27-28H,12-14H2,1H3/t21-/m1/s1. The van der Waals surface area contributed by atoms with E-state index in [0.29, 0.717) is 34.6 Å². The maximum atomic E-state index is 10.3. The lowest BCUT2D eigenvalue weighted by Crippen LogP contribution is -2.21. The van der Waals surface area contributed by atoms with Crippen molar-refractivity contribution in [3.05, 3.63) is 91.9 Å². The topological polar surface area (TPSA) is 50.7 Å². The average molecular weight is 511 g/mol. The first-order valence-corrected chi connectivity index (χ1v) is 10.9. The molecule has 2 N–H and O–H groups in total. The second-order valence-electron chi connectivity index (χ2n) is 6.69. The molecule has 7 heteroatoms. The minimum atomic E-state index is -0.566. The van der Waals surface area contributed by atoms with Gasteiger partial charge in [0.05, 0.1) is 17.7 Å². The lowest BCUT2D eigenvalue weighted by atomic mass is 10.1. The number of rotatable bonds is 9. The summed E-state index contributed by atoms with van der Waals surface area (Å²) in [6.07, 6.45) is -0.566. The zero-order valence-corrected chi connectivity index (χ0v) is 19.5. The van der Waals surface area contributed by atoms with E-state index in [4.69, 9.17) is 32.7 Å². The molecule has 0 aliphatic rings. The lowest BCUT2D eigenvalue weighted by molar-refractivity contribution is 0.174. The van der Waals surface area contributed by atoms with Crippen LogP contribution in [0.25, 0.3) is 0 Å². The molecule has 30 heavy (non-hydrogen) atoms. The number of ether oxygens (including phenoxy) is 2. The van der Waals surface area contributed by atoms with Crippen LogP contribution in [-0.2, 0) is 13.2 Å². The zero-order valence-electron chi connectivity index (χ0n) is 16.4. The maximum Gasteiger partial charge on any atom is 0.175 e. The van der Waals surface area contributed by atoms with E-state index in [-0.39, 0.29) is 6.61 Å². The first-order valence-electron chi connectivity index (χ1n) is 9.34. The average Bonchev–Trinajstić information content (AvgIpc) is 2.74. The summed E-state index contributed by atoms with van der Waals surface area (Å²) in [6, 6.07) is 18.7. The van der Waals surface area contributed by atoms with Gasteiger partial charge in [-0.3, -0.25) is 0 Å². The number of benzene rings is 3. The van der Waals surface area contributed by atoms with Crippen molar-refractivity contribution in [3.63, 3.8) is 0 Å². The Kier molecular flexibility index (Phi) is 8.42. The molecule has 3 aromatic carbocycles. The van der Waals surface area contributed by atoms with Gasteiger partial charge in [0.2, 0.25) is 0 Å². The quantitative estimate of drug-likeness (QED) is 0.361. The summed E-state index contributed by atoms with van der Waals surface area (Å²) in [4.78, 5) is 0. The Bertz CT molecular complexity index is 986. The molecule has 0 saturated heterocycles. The van der Waals surface area contributed by atoms with Gasteiger partial charge in [-0.15, -0.1) is 0 Å². The maximum absolute atomic E-state index is 10.3. The molecule has 3 aromatic rings. The van der Waals surface area contributed by atoms with Gasteiger partial charge in [0.1, 0.15) is 6.61 Å². The molecule has 0 unspecified atom stereocenters. The zero-order chi connectivity index (χ0) is 21.5. The van der Waals surface area contributed by atoms with E-state index >= 15 is 0 Å². The SMILES string of the molecule is COc1cc(CNC[C@@H](O)c2ccccc2)cc(Br)c1OCc1ccc(Cl)cc1Cl. The van der Waals surface area contributed by atoms with Gasteiger partial charge >= 0.3 is 0 Å². The summed E-state index contributed by atoms with van der Waals surface area (Å²) >= 11 is 15.7. The molecule has 0 saturated carbocycles. The number of halogens is 3. The Hall–Kier alpha value is -1.76. The van der Waals surface area contributed by atoms with Gasteiger partial charge in [0, 0.05) is 28.7 Å². The molecule has 0 heterocycles. The highest BCUT2D eigenvalue weighted by atomic mass is 79.9. The highest BCUT2D eigenvalue weighted by molar-refractivity contribution is 9.10. The van der Waals surface area contributed by atoms with Crippen LogP contribution in [-0.4, -0.2) is 18.8 Å². The van der Waals surface area contributed by atoms with Gasteiger partial charge in [0.25, 0.3) is 0 Å². The highest BCUT2D eigenvalue weighted by Crippen LogP contribution is 2.37. The smallest absolute Gasteiger partial charge is 0.175 e. The number of aliphatic hydroxyl groups excluding tert-OH is 1. The second kappa shape index (κ2) is 11.0. The Labute approximate surface area is 194 Å². The van der Waals surface area contributed by atoms with Crippen molar-refractivity contribution in [3.8, 4) is 11.5 Å². The number of aliphatic hydroxyl groups is 1. The van der Waals surface area contributed by atoms with Gasteiger partial charge in [-0.1, -0.05) is 59.6 Å². The Morgan fingerprint density at radius 3 is 2.53 bits per heavy atom. The third-order valence-electron chi connectivity index (χ3n) is 4.53. The fraction of sp³-hybridized carbons (Fsp3) is 0.217. The van der Waals surface area contributed by atoms with Crippen molar-refractivity contribution in [1.82, 2.24) is 5.32 Å². The Morgan fingerprint density at radius 1 is 1.07 bits per heavy atom. The molecule has 158 valence electrons. The summed E-state index contributed by atoms with van der Waals surface area (Å²) in [5, 5.41) is 14.7. The summed E-state index contributed by atoms with van der Waals surface area (Å²) in [7, 11) is 1.60. The summed E-state index contributed by atoms with van der Waals surface area (Å²) in [5.41, 5.74) is 2.71. The van der Waals surface area contributed by atoms with E-state index in [1.54, 1.807) is 19.2 Å². The van der Waals surface area contributed by atoms with E-state index in [1.165, 1.54) is 0 Å². The molecule has 0 aliphatic heterocycles. The predicted molar refractivity (Wildman–Crippen MR) is 125 cm³/mol. The summed E-state index contributed by atoms with van der Waals surface area (Å²) in [5.74, 6) is 1.20. The van der Waals surface area contributed by atoms with E-state index in [2.05, 4.69) is 21.2 Å². The first-order chi connectivity index (χ1) is 14.5. The third kappa shape index (κ3) is 6.13. The van der Waals surface area contributed by atoms with Crippen molar-refractivity contribution in [2.24, 2.45) is 0 Å². The van der Waals surface area contributed by atoms with Crippen molar-refractivity contribution in [2.75, 3.05) is 13.7 Å². The fourth-order valence-electron chi connectivity index (χ4n) is 2.95. The predicted octanol–water partition coefficient (Wildman–Crippen LogP) is 6.17. The van der Waals surface area contributed by atoms with Crippen LogP contribution >= 0.6 is 39.1 Å². The van der Waals surface area contributed by atoms with Crippen LogP contribution in [0.3, 0.4) is 0 Å². The van der Waals surface area contributed by atoms with Crippen LogP contribution in [0.5, 0.6) is 11.5 Å². The monoisotopic (exact) mass is 509 g/mol. The van der Waals surface area contributed by atoms with Gasteiger partial charge < -0.3 is 19.9 Å². The third-order valence-corrected chi connectivity index (χ3v) is 5.70. The summed E-state index contributed by atoms with van der Waals surface area (Å²) < 4.78 is 12.2. The van der Waals surface area contributed by atoms with Crippen LogP contribution in [0, 0.1) is 0 Å². The molecule has 0 amide bonds. The number of hydrogen-bond acceptors (Lipinski definition) is 4. The molecule has 1 atom stereocenters. The van der Waals surface area contributed by atoms with Crippen LogP contribution in [0.4, 0.5) is 0 Å². The molecular formula is C23H22BrCl2NO3. The van der Waals surface area contributed by atoms with Gasteiger partial charge in [-0.25, -0.2) is 0 Å². The van der Waals surface area contributed by atoms with E-state index < -0.39 is 6.10 Å². The molecular weight excluding hydrogens is 489 g/mol. The molecule has 3 rings (SSSR count). The summed E-state index contributed by atoms with van der Waals surface area (Å²) in [6.45, 7) is 1.30. The molecule has 0 aromatic heterocycles. The van der Waals surface area contributed by atoms with Gasteiger partial charge in [0.15, 0.2) is 11.5 Å². The van der Waals surface area contributed by atoms with Gasteiger partial charge in [-0.2, -0.15) is 0 Å². The molecule has 0 bridgehead atoms. The minimum Gasteiger partial charge on any atom is -0.493 e. The van der Waals surface area contributed by atoms with Crippen molar-refractivity contribution >= 4 is 39.1 Å². The van der Waals surface area contributed by atoms with E-state index in [1.807, 2.05) is 48.5 Å². The van der Waals surface area contributed by atoms with E-state index in [0.717, 1.165) is 21.2 Å². The molecule has 0 spiro atoms.